The molecule has 0 aliphatic rings. The van der Waals surface area contributed by atoms with Crippen LogP contribution in [-0.4, -0.2) is 46.1 Å². The van der Waals surface area contributed by atoms with Gasteiger partial charge in [-0.2, -0.15) is 0 Å². The first kappa shape index (κ1) is 17.7. The molecule has 2 rings (SSSR count). The molecular formula is C16H25N7O. The van der Waals surface area contributed by atoms with E-state index in [2.05, 4.69) is 31.1 Å². The van der Waals surface area contributed by atoms with Gasteiger partial charge in [0, 0.05) is 31.7 Å². The van der Waals surface area contributed by atoms with Gasteiger partial charge in [0.25, 0.3) is 0 Å². The lowest BCUT2D eigenvalue weighted by Gasteiger charge is -2.12. The summed E-state index contributed by atoms with van der Waals surface area (Å²) in [6, 6.07) is 5.76. The number of aliphatic imine (C=N–C) groups is 1. The fraction of sp³-hybridized carbons (Fsp3) is 0.500. The van der Waals surface area contributed by atoms with Crippen LogP contribution in [0.5, 0.6) is 0 Å². The van der Waals surface area contributed by atoms with E-state index in [0.29, 0.717) is 25.6 Å². The lowest BCUT2D eigenvalue weighted by Crippen LogP contribution is -2.42. The van der Waals surface area contributed by atoms with E-state index < -0.39 is 0 Å². The van der Waals surface area contributed by atoms with Gasteiger partial charge in [0.15, 0.2) is 17.4 Å². The number of amides is 1. The van der Waals surface area contributed by atoms with Crippen LogP contribution in [0.15, 0.2) is 29.4 Å². The number of fused-ring (bicyclic) bond motifs is 1. The van der Waals surface area contributed by atoms with Crippen LogP contribution in [0.3, 0.4) is 0 Å². The van der Waals surface area contributed by atoms with Gasteiger partial charge in [0.2, 0.25) is 5.91 Å². The minimum Gasteiger partial charge on any atom is -0.357 e. The Bertz CT molecular complexity index is 693. The molecule has 0 saturated carbocycles. The van der Waals surface area contributed by atoms with Crippen molar-refractivity contribution in [2.75, 3.05) is 19.6 Å². The summed E-state index contributed by atoms with van der Waals surface area (Å²) in [4.78, 5) is 16.0. The summed E-state index contributed by atoms with van der Waals surface area (Å²) in [5.41, 5.74) is 0.803. The van der Waals surface area contributed by atoms with Crippen molar-refractivity contribution in [2.45, 2.75) is 27.3 Å². The number of aromatic nitrogens is 3. The molecule has 0 aliphatic carbocycles. The summed E-state index contributed by atoms with van der Waals surface area (Å²) < 4.78 is 1.91. The Labute approximate surface area is 141 Å². The van der Waals surface area contributed by atoms with Crippen LogP contribution in [0.25, 0.3) is 5.65 Å². The van der Waals surface area contributed by atoms with Gasteiger partial charge in [0.05, 0.1) is 0 Å². The maximum Gasteiger partial charge on any atom is 0.222 e. The second kappa shape index (κ2) is 8.85. The Morgan fingerprint density at radius 1 is 1.21 bits per heavy atom. The molecule has 8 heteroatoms. The van der Waals surface area contributed by atoms with Gasteiger partial charge in [-0.25, -0.2) is 4.99 Å². The predicted molar refractivity (Wildman–Crippen MR) is 93.7 cm³/mol. The van der Waals surface area contributed by atoms with Gasteiger partial charge in [-0.1, -0.05) is 19.9 Å². The number of rotatable bonds is 7. The summed E-state index contributed by atoms with van der Waals surface area (Å²) in [6.07, 6.45) is 1.92. The zero-order chi connectivity index (χ0) is 17.4. The highest BCUT2D eigenvalue weighted by Gasteiger charge is 2.06. The Balaban J connectivity index is 1.89. The molecule has 2 aromatic heterocycles. The third-order valence-corrected chi connectivity index (χ3v) is 3.35. The van der Waals surface area contributed by atoms with E-state index in [1.807, 2.05) is 49.6 Å². The molecule has 3 N–H and O–H groups in total. The largest absolute Gasteiger partial charge is 0.357 e. The molecule has 0 saturated heterocycles. The first-order chi connectivity index (χ1) is 11.6. The van der Waals surface area contributed by atoms with Crippen molar-refractivity contribution in [1.82, 2.24) is 30.5 Å². The van der Waals surface area contributed by atoms with Gasteiger partial charge < -0.3 is 16.0 Å². The summed E-state index contributed by atoms with van der Waals surface area (Å²) in [5.74, 6) is 1.50. The average Bonchev–Trinajstić information content (AvgIpc) is 2.99. The topological polar surface area (TPSA) is 95.7 Å². The van der Waals surface area contributed by atoms with E-state index in [-0.39, 0.29) is 11.8 Å². The molecule has 2 aromatic rings. The van der Waals surface area contributed by atoms with E-state index in [4.69, 9.17) is 0 Å². The first-order valence-corrected chi connectivity index (χ1v) is 8.20. The molecule has 0 fully saturated rings. The van der Waals surface area contributed by atoms with E-state index in [9.17, 15) is 4.79 Å². The minimum atomic E-state index is -0.00637. The molecular weight excluding hydrogens is 306 g/mol. The number of carbonyl (C=O) groups excluding carboxylic acids is 1. The van der Waals surface area contributed by atoms with Crippen molar-refractivity contribution in [3.63, 3.8) is 0 Å². The number of nitrogens with one attached hydrogen (secondary N) is 3. The lowest BCUT2D eigenvalue weighted by molar-refractivity contribution is -0.123. The second-order valence-electron chi connectivity index (χ2n) is 5.61. The summed E-state index contributed by atoms with van der Waals surface area (Å²) >= 11 is 0. The molecule has 2 heterocycles. The van der Waals surface area contributed by atoms with Crippen molar-refractivity contribution in [3.8, 4) is 0 Å². The Morgan fingerprint density at radius 3 is 2.75 bits per heavy atom. The highest BCUT2D eigenvalue weighted by molar-refractivity contribution is 5.80. The highest BCUT2D eigenvalue weighted by Crippen LogP contribution is 2.03. The number of pyridine rings is 1. The van der Waals surface area contributed by atoms with E-state index in [1.54, 1.807) is 0 Å². The minimum absolute atomic E-state index is 0.00637. The van der Waals surface area contributed by atoms with Crippen LogP contribution in [0, 0.1) is 5.92 Å². The fourth-order valence-electron chi connectivity index (χ4n) is 2.06. The number of hydrogen-bond acceptors (Lipinski definition) is 4. The average molecular weight is 331 g/mol. The lowest BCUT2D eigenvalue weighted by atomic mass is 10.2. The van der Waals surface area contributed by atoms with Crippen molar-refractivity contribution in [2.24, 2.45) is 10.9 Å². The van der Waals surface area contributed by atoms with Gasteiger partial charge in [0.1, 0.15) is 6.54 Å². The van der Waals surface area contributed by atoms with E-state index in [0.717, 1.165) is 18.0 Å². The van der Waals surface area contributed by atoms with Crippen LogP contribution in [0.1, 0.15) is 26.6 Å². The Hall–Kier alpha value is -2.64. The fourth-order valence-corrected chi connectivity index (χ4v) is 2.06. The normalized spacial score (nSPS) is 11.8. The molecule has 0 spiro atoms. The van der Waals surface area contributed by atoms with Gasteiger partial charge in [-0.05, 0) is 19.1 Å². The molecule has 0 atom stereocenters. The van der Waals surface area contributed by atoms with Crippen LogP contribution >= 0.6 is 0 Å². The van der Waals surface area contributed by atoms with Crippen LogP contribution in [0.2, 0.25) is 0 Å². The molecule has 8 nitrogen and oxygen atoms in total. The highest BCUT2D eigenvalue weighted by atomic mass is 16.1. The third kappa shape index (κ3) is 4.94. The molecule has 0 unspecified atom stereocenters. The quantitative estimate of drug-likeness (QED) is 0.391. The molecule has 0 radical (unpaired) electrons. The van der Waals surface area contributed by atoms with Crippen molar-refractivity contribution in [3.05, 3.63) is 30.2 Å². The van der Waals surface area contributed by atoms with Crippen molar-refractivity contribution in [1.29, 1.82) is 0 Å². The van der Waals surface area contributed by atoms with Gasteiger partial charge >= 0.3 is 0 Å². The number of carbonyl (C=O) groups is 1. The van der Waals surface area contributed by atoms with E-state index >= 15 is 0 Å². The van der Waals surface area contributed by atoms with Gasteiger partial charge in [-0.3, -0.25) is 9.20 Å². The van der Waals surface area contributed by atoms with Gasteiger partial charge in [-0.15, -0.1) is 10.2 Å². The maximum atomic E-state index is 11.5. The van der Waals surface area contributed by atoms with Crippen molar-refractivity contribution >= 4 is 17.5 Å². The summed E-state index contributed by atoms with van der Waals surface area (Å²) in [7, 11) is 0. The summed E-state index contributed by atoms with van der Waals surface area (Å²) in [5, 5.41) is 17.5. The Kier molecular flexibility index (Phi) is 6.53. The maximum absolute atomic E-state index is 11.5. The third-order valence-electron chi connectivity index (χ3n) is 3.35. The SMILES string of the molecule is CCNC(=NCc1nnc2ccccn12)NCCNC(=O)C(C)C. The monoisotopic (exact) mass is 331 g/mol. The molecule has 0 aliphatic heterocycles. The number of nitrogens with zero attached hydrogens (tertiary/aromatic N) is 4. The first-order valence-electron chi connectivity index (χ1n) is 8.20. The number of hydrogen-bond donors (Lipinski definition) is 3. The zero-order valence-electron chi connectivity index (χ0n) is 14.4. The van der Waals surface area contributed by atoms with E-state index in [1.165, 1.54) is 0 Å². The zero-order valence-corrected chi connectivity index (χ0v) is 14.4. The van der Waals surface area contributed by atoms with Crippen LogP contribution in [0.4, 0.5) is 0 Å². The number of guanidine groups is 1. The second-order valence-corrected chi connectivity index (χ2v) is 5.61. The molecule has 24 heavy (non-hydrogen) atoms. The van der Waals surface area contributed by atoms with Crippen molar-refractivity contribution < 1.29 is 4.79 Å². The molecule has 130 valence electrons. The van der Waals surface area contributed by atoms with Crippen LogP contribution in [-0.2, 0) is 11.3 Å². The van der Waals surface area contributed by atoms with Crippen LogP contribution < -0.4 is 16.0 Å². The standard InChI is InChI=1S/C16H25N7O/c1-4-17-16(19-9-8-18-15(24)12(2)3)20-11-14-22-21-13-7-5-6-10-23(13)14/h5-7,10,12H,4,8-9,11H2,1-3H3,(H,18,24)(H2,17,19,20). The predicted octanol–water partition coefficient (Wildman–Crippen LogP) is 0.557. The summed E-state index contributed by atoms with van der Waals surface area (Å²) in [6.45, 7) is 8.07. The molecule has 1 amide bonds. The Morgan fingerprint density at radius 2 is 2.00 bits per heavy atom. The molecule has 0 aromatic carbocycles. The smallest absolute Gasteiger partial charge is 0.222 e. The molecule has 0 bridgehead atoms.